The molecular formula is C17H20ClN3OS. The summed E-state index contributed by atoms with van der Waals surface area (Å²) >= 11 is 7.95. The van der Waals surface area contributed by atoms with Crippen molar-refractivity contribution in [3.05, 3.63) is 45.8 Å². The van der Waals surface area contributed by atoms with Crippen LogP contribution in [0.1, 0.15) is 36.0 Å². The van der Waals surface area contributed by atoms with Crippen molar-refractivity contribution >= 4 is 38.8 Å². The van der Waals surface area contributed by atoms with Gasteiger partial charge >= 0.3 is 0 Å². The number of pyridine rings is 1. The lowest BCUT2D eigenvalue weighted by Gasteiger charge is -2.14. The van der Waals surface area contributed by atoms with Crippen molar-refractivity contribution in [3.63, 3.8) is 0 Å². The van der Waals surface area contributed by atoms with Crippen LogP contribution in [-0.2, 0) is 6.54 Å². The molecule has 0 aliphatic rings. The van der Waals surface area contributed by atoms with Crippen LogP contribution in [0.2, 0.25) is 5.15 Å². The minimum Gasteiger partial charge on any atom is -0.467 e. The van der Waals surface area contributed by atoms with Crippen molar-refractivity contribution < 1.29 is 4.42 Å². The molecule has 0 saturated carbocycles. The predicted molar refractivity (Wildman–Crippen MR) is 97.5 cm³/mol. The number of nitrogens with zero attached hydrogens (tertiary/aromatic N) is 1. The summed E-state index contributed by atoms with van der Waals surface area (Å²) in [6, 6.07) is 5.78. The highest BCUT2D eigenvalue weighted by molar-refractivity contribution is 7.20. The third-order valence-corrected chi connectivity index (χ3v) is 5.82. The van der Waals surface area contributed by atoms with Gasteiger partial charge < -0.3 is 15.5 Å². The Hall–Kier alpha value is -1.56. The Balaban J connectivity index is 2.02. The van der Waals surface area contributed by atoms with E-state index in [4.69, 9.17) is 21.8 Å². The van der Waals surface area contributed by atoms with E-state index in [-0.39, 0.29) is 12.0 Å². The molecule has 0 unspecified atom stereocenters. The van der Waals surface area contributed by atoms with Crippen molar-refractivity contribution in [2.24, 2.45) is 5.73 Å². The lowest BCUT2D eigenvalue weighted by molar-refractivity contribution is 0.518. The number of hydrogen-bond donors (Lipinski definition) is 2. The fraction of sp³-hybridized carbons (Fsp3) is 0.353. The molecule has 0 radical (unpaired) electrons. The standard InChI is InChI=1S/C17H20ClN3OS/c1-9(11(3)19)16-10(2)15-17(23-16)13(7-14(18)21-15)20-8-12-5-4-6-22-12/h4-7,9,11H,8,19H2,1-3H3,(H,20,21)/t9-,11+/m1/s1. The van der Waals surface area contributed by atoms with Gasteiger partial charge in [0.25, 0.3) is 0 Å². The van der Waals surface area contributed by atoms with Crippen LogP contribution in [-0.4, -0.2) is 11.0 Å². The molecule has 0 spiro atoms. The normalized spacial score (nSPS) is 14.1. The average Bonchev–Trinajstić information content (AvgIpc) is 3.13. The minimum atomic E-state index is 0.0942. The van der Waals surface area contributed by atoms with Crippen LogP contribution in [0.3, 0.4) is 0 Å². The van der Waals surface area contributed by atoms with E-state index in [1.165, 1.54) is 10.4 Å². The van der Waals surface area contributed by atoms with E-state index in [0.717, 1.165) is 21.7 Å². The number of anilines is 1. The molecule has 3 N–H and O–H groups in total. The van der Waals surface area contributed by atoms with Gasteiger partial charge in [0.15, 0.2) is 0 Å². The van der Waals surface area contributed by atoms with Crippen molar-refractivity contribution in [3.8, 4) is 0 Å². The van der Waals surface area contributed by atoms with E-state index >= 15 is 0 Å². The molecule has 0 aliphatic carbocycles. The second-order valence-corrected chi connectivity index (χ2v) is 7.28. The van der Waals surface area contributed by atoms with Gasteiger partial charge in [-0.15, -0.1) is 11.3 Å². The molecule has 0 fully saturated rings. The second kappa shape index (κ2) is 6.51. The molecule has 23 heavy (non-hydrogen) atoms. The molecule has 3 aromatic rings. The molecule has 122 valence electrons. The zero-order valence-electron chi connectivity index (χ0n) is 13.4. The summed E-state index contributed by atoms with van der Waals surface area (Å²) < 4.78 is 6.48. The van der Waals surface area contributed by atoms with E-state index in [1.54, 1.807) is 17.6 Å². The molecule has 0 saturated heterocycles. The van der Waals surface area contributed by atoms with Gasteiger partial charge in [0.05, 0.1) is 28.7 Å². The van der Waals surface area contributed by atoms with Crippen molar-refractivity contribution in [1.29, 1.82) is 0 Å². The van der Waals surface area contributed by atoms with Gasteiger partial charge in [0, 0.05) is 22.9 Å². The fourth-order valence-corrected chi connectivity index (χ4v) is 4.16. The Kier molecular flexibility index (Phi) is 4.62. The number of nitrogens with one attached hydrogen (secondary N) is 1. The Labute approximate surface area is 144 Å². The molecular weight excluding hydrogens is 330 g/mol. The highest BCUT2D eigenvalue weighted by atomic mass is 35.5. The van der Waals surface area contributed by atoms with Crippen LogP contribution in [0.4, 0.5) is 5.69 Å². The maximum atomic E-state index is 6.21. The molecule has 3 rings (SSSR count). The molecule has 3 heterocycles. The van der Waals surface area contributed by atoms with E-state index < -0.39 is 0 Å². The number of halogens is 1. The van der Waals surface area contributed by atoms with Crippen LogP contribution in [0.15, 0.2) is 28.9 Å². The molecule has 0 aromatic carbocycles. The zero-order valence-corrected chi connectivity index (χ0v) is 15.0. The Morgan fingerprint density at radius 2 is 2.22 bits per heavy atom. The Morgan fingerprint density at radius 3 is 2.87 bits per heavy atom. The van der Waals surface area contributed by atoms with Gasteiger partial charge in [-0.3, -0.25) is 0 Å². The quantitative estimate of drug-likeness (QED) is 0.642. The SMILES string of the molecule is Cc1c([C@H](C)[C@H](C)N)sc2c(NCc3ccco3)cc(Cl)nc12. The number of aromatic nitrogens is 1. The number of nitrogens with two attached hydrogens (primary N) is 1. The van der Waals surface area contributed by atoms with Crippen LogP contribution in [0, 0.1) is 6.92 Å². The van der Waals surface area contributed by atoms with E-state index in [9.17, 15) is 0 Å². The first-order chi connectivity index (χ1) is 11.0. The predicted octanol–water partition coefficient (Wildman–Crippen LogP) is 4.91. The van der Waals surface area contributed by atoms with Crippen LogP contribution in [0.5, 0.6) is 0 Å². The average molecular weight is 350 g/mol. The number of thiophene rings is 1. The van der Waals surface area contributed by atoms with Crippen molar-refractivity contribution in [1.82, 2.24) is 4.98 Å². The van der Waals surface area contributed by atoms with Crippen molar-refractivity contribution in [2.45, 2.75) is 39.3 Å². The first-order valence-electron chi connectivity index (χ1n) is 7.58. The van der Waals surface area contributed by atoms with Crippen LogP contribution >= 0.6 is 22.9 Å². The summed E-state index contributed by atoms with van der Waals surface area (Å²) in [7, 11) is 0. The third kappa shape index (κ3) is 3.22. The van der Waals surface area contributed by atoms with Gasteiger partial charge in [0.1, 0.15) is 10.9 Å². The smallest absolute Gasteiger partial charge is 0.131 e. The summed E-state index contributed by atoms with van der Waals surface area (Å²) in [4.78, 5) is 5.78. The van der Waals surface area contributed by atoms with E-state index in [0.29, 0.717) is 11.7 Å². The lowest BCUT2D eigenvalue weighted by Crippen LogP contribution is -2.22. The highest BCUT2D eigenvalue weighted by Gasteiger charge is 2.20. The third-order valence-electron chi connectivity index (χ3n) is 4.11. The van der Waals surface area contributed by atoms with Crippen LogP contribution in [0.25, 0.3) is 10.2 Å². The van der Waals surface area contributed by atoms with Gasteiger partial charge in [-0.05, 0) is 31.5 Å². The fourth-order valence-electron chi connectivity index (χ4n) is 2.56. The molecule has 2 atom stereocenters. The number of aryl methyl sites for hydroxylation is 1. The summed E-state index contributed by atoms with van der Waals surface area (Å²) in [6.45, 7) is 6.88. The van der Waals surface area contributed by atoms with E-state index in [1.807, 2.05) is 25.1 Å². The van der Waals surface area contributed by atoms with Gasteiger partial charge in [-0.1, -0.05) is 18.5 Å². The number of hydrogen-bond acceptors (Lipinski definition) is 5. The van der Waals surface area contributed by atoms with Crippen molar-refractivity contribution in [2.75, 3.05) is 5.32 Å². The summed E-state index contributed by atoms with van der Waals surface area (Å²) in [5, 5.41) is 3.89. The second-order valence-electron chi connectivity index (χ2n) is 5.84. The molecule has 4 nitrogen and oxygen atoms in total. The molecule has 0 amide bonds. The Morgan fingerprint density at radius 1 is 1.43 bits per heavy atom. The number of furan rings is 1. The lowest BCUT2D eigenvalue weighted by atomic mass is 9.99. The molecule has 0 bridgehead atoms. The summed E-state index contributed by atoms with van der Waals surface area (Å²) in [6.07, 6.45) is 1.67. The largest absolute Gasteiger partial charge is 0.467 e. The summed E-state index contributed by atoms with van der Waals surface area (Å²) in [5.74, 6) is 1.16. The van der Waals surface area contributed by atoms with Gasteiger partial charge in [-0.25, -0.2) is 4.98 Å². The van der Waals surface area contributed by atoms with Gasteiger partial charge in [0.2, 0.25) is 0 Å². The molecule has 0 aliphatic heterocycles. The number of rotatable bonds is 5. The number of fused-ring (bicyclic) bond motifs is 1. The molecule has 3 aromatic heterocycles. The topological polar surface area (TPSA) is 64.1 Å². The first-order valence-corrected chi connectivity index (χ1v) is 8.78. The molecule has 6 heteroatoms. The maximum Gasteiger partial charge on any atom is 0.131 e. The maximum absolute atomic E-state index is 6.21. The zero-order chi connectivity index (χ0) is 16.6. The Bertz CT molecular complexity index is 811. The van der Waals surface area contributed by atoms with Gasteiger partial charge in [-0.2, -0.15) is 0 Å². The first kappa shape index (κ1) is 16.3. The van der Waals surface area contributed by atoms with Crippen LogP contribution < -0.4 is 11.1 Å². The van der Waals surface area contributed by atoms with E-state index in [2.05, 4.69) is 24.1 Å². The summed E-state index contributed by atoms with van der Waals surface area (Å²) in [5.41, 5.74) is 9.18. The minimum absolute atomic E-state index is 0.0942. The highest BCUT2D eigenvalue weighted by Crippen LogP contribution is 2.40. The monoisotopic (exact) mass is 349 g/mol.